The Morgan fingerprint density at radius 1 is 0.946 bits per heavy atom. The van der Waals surface area contributed by atoms with Crippen LogP contribution in [0.2, 0.25) is 5.02 Å². The second kappa shape index (κ2) is 12.7. The Morgan fingerprint density at radius 3 is 2.27 bits per heavy atom. The number of amides is 1. The average molecular weight is 527 g/mol. The van der Waals surface area contributed by atoms with Gasteiger partial charge in [-0.05, 0) is 31.5 Å². The van der Waals surface area contributed by atoms with Crippen molar-refractivity contribution in [2.24, 2.45) is 0 Å². The van der Waals surface area contributed by atoms with Crippen LogP contribution in [0.5, 0.6) is 17.2 Å². The first-order valence-electron chi connectivity index (χ1n) is 11.4. The maximum absolute atomic E-state index is 12.9. The number of hydrogen-bond donors (Lipinski definition) is 1. The molecule has 1 amide bonds. The monoisotopic (exact) mass is 526 g/mol. The molecule has 0 saturated carbocycles. The molecule has 0 aliphatic carbocycles. The van der Waals surface area contributed by atoms with Crippen LogP contribution in [0.4, 0.5) is 0 Å². The molecule has 3 rings (SSSR count). The van der Waals surface area contributed by atoms with Crippen molar-refractivity contribution in [1.29, 1.82) is 0 Å². The molecule has 3 aromatic rings. The zero-order valence-electron chi connectivity index (χ0n) is 20.8. The summed E-state index contributed by atoms with van der Waals surface area (Å²) in [5.41, 5.74) is 0.553. The first-order chi connectivity index (χ1) is 17.7. The van der Waals surface area contributed by atoms with Crippen molar-refractivity contribution in [1.82, 2.24) is 10.3 Å². The minimum atomic E-state index is -1.06. The first-order valence-corrected chi connectivity index (χ1v) is 11.8. The summed E-state index contributed by atoms with van der Waals surface area (Å²) in [6.45, 7) is 4.33. The number of carbonyl (C=O) groups excluding carboxylic acids is 3. The van der Waals surface area contributed by atoms with E-state index in [1.54, 1.807) is 31.2 Å². The fourth-order valence-electron chi connectivity index (χ4n) is 3.42. The number of aromatic nitrogens is 1. The number of nitrogens with zero attached hydrogens (tertiary/aromatic N) is 1. The fourth-order valence-corrected chi connectivity index (χ4v) is 3.60. The summed E-state index contributed by atoms with van der Waals surface area (Å²) in [5.74, 6) is -1.69. The van der Waals surface area contributed by atoms with Crippen LogP contribution in [0.1, 0.15) is 42.9 Å². The highest BCUT2D eigenvalue weighted by Gasteiger charge is 2.29. The van der Waals surface area contributed by atoms with Crippen molar-refractivity contribution in [2.75, 3.05) is 7.11 Å². The van der Waals surface area contributed by atoms with Crippen molar-refractivity contribution in [3.8, 4) is 17.2 Å². The molecule has 0 unspecified atom stereocenters. The molecule has 194 valence electrons. The molecule has 10 heteroatoms. The Hall–Kier alpha value is -4.11. The number of carbonyl (C=O) groups is 3. The van der Waals surface area contributed by atoms with Gasteiger partial charge < -0.3 is 24.3 Å². The summed E-state index contributed by atoms with van der Waals surface area (Å²) in [4.78, 5) is 41.3. The summed E-state index contributed by atoms with van der Waals surface area (Å²) in [6.07, 6.45) is -0.108. The normalized spacial score (nSPS) is 13.0. The molecule has 1 aromatic heterocycles. The molecule has 2 aromatic carbocycles. The number of para-hydroxylation sites is 1. The van der Waals surface area contributed by atoms with Crippen LogP contribution in [-0.2, 0) is 14.3 Å². The largest absolute Gasteiger partial charge is 0.493 e. The van der Waals surface area contributed by atoms with E-state index in [0.29, 0.717) is 10.8 Å². The van der Waals surface area contributed by atoms with Crippen LogP contribution in [-0.4, -0.2) is 42.1 Å². The maximum Gasteiger partial charge on any atom is 0.328 e. The zero-order valence-corrected chi connectivity index (χ0v) is 21.5. The molecule has 3 atom stereocenters. The Labute approximate surface area is 219 Å². The van der Waals surface area contributed by atoms with E-state index in [1.807, 2.05) is 30.3 Å². The zero-order chi connectivity index (χ0) is 26.9. The lowest BCUT2D eigenvalue weighted by Gasteiger charge is -2.27. The number of halogens is 1. The molecular weight excluding hydrogens is 500 g/mol. The molecule has 0 radical (unpaired) electrons. The summed E-state index contributed by atoms with van der Waals surface area (Å²) in [5, 5.41) is 2.93. The van der Waals surface area contributed by atoms with E-state index in [-0.39, 0.29) is 17.2 Å². The molecule has 0 bridgehead atoms. The van der Waals surface area contributed by atoms with E-state index in [1.165, 1.54) is 33.2 Å². The first kappa shape index (κ1) is 27.5. The van der Waals surface area contributed by atoms with Gasteiger partial charge in [0.1, 0.15) is 17.9 Å². The third-order valence-corrected chi connectivity index (χ3v) is 5.51. The number of hydrogen-bond acceptors (Lipinski definition) is 8. The molecular formula is C27H27ClN2O7. The number of esters is 2. The lowest BCUT2D eigenvalue weighted by molar-refractivity contribution is -0.154. The quantitative estimate of drug-likeness (QED) is 0.383. The molecule has 0 aliphatic rings. The van der Waals surface area contributed by atoms with Gasteiger partial charge in [-0.3, -0.25) is 9.59 Å². The van der Waals surface area contributed by atoms with Crippen LogP contribution in [0.25, 0.3) is 0 Å². The molecule has 9 nitrogen and oxygen atoms in total. The summed E-state index contributed by atoms with van der Waals surface area (Å²) in [7, 11) is 1.36. The van der Waals surface area contributed by atoms with E-state index < -0.39 is 36.1 Å². The van der Waals surface area contributed by atoms with Gasteiger partial charge >= 0.3 is 11.9 Å². The minimum absolute atomic E-state index is 0.140. The van der Waals surface area contributed by atoms with Crippen LogP contribution in [0.3, 0.4) is 0 Å². The summed E-state index contributed by atoms with van der Waals surface area (Å²) < 4.78 is 22.1. The van der Waals surface area contributed by atoms with E-state index in [0.717, 1.165) is 5.56 Å². The Bertz CT molecular complexity index is 1250. The van der Waals surface area contributed by atoms with Crippen molar-refractivity contribution in [3.63, 3.8) is 0 Å². The predicted octanol–water partition coefficient (Wildman–Crippen LogP) is 4.54. The number of benzene rings is 2. The van der Waals surface area contributed by atoms with Gasteiger partial charge in [-0.25, -0.2) is 9.78 Å². The highest BCUT2D eigenvalue weighted by atomic mass is 35.5. The van der Waals surface area contributed by atoms with Crippen LogP contribution < -0.4 is 19.5 Å². The summed E-state index contributed by atoms with van der Waals surface area (Å²) in [6, 6.07) is 16.6. The molecule has 0 fully saturated rings. The third kappa shape index (κ3) is 7.20. The predicted molar refractivity (Wildman–Crippen MR) is 136 cm³/mol. The number of methoxy groups -OCH3 is 1. The van der Waals surface area contributed by atoms with Crippen molar-refractivity contribution < 1.29 is 33.3 Å². The highest BCUT2D eigenvalue weighted by molar-refractivity contribution is 6.32. The van der Waals surface area contributed by atoms with Gasteiger partial charge in [0.05, 0.1) is 12.1 Å². The van der Waals surface area contributed by atoms with Gasteiger partial charge in [-0.2, -0.15) is 0 Å². The topological polar surface area (TPSA) is 113 Å². The SMILES string of the molecule is COc1ccnc(C(=O)N[C@@H](C)C(=O)O[C@@H](C)[C@H](Oc2ccccc2Cl)c2ccccc2)c1OC(C)=O. The van der Waals surface area contributed by atoms with Crippen molar-refractivity contribution >= 4 is 29.4 Å². The lowest BCUT2D eigenvalue weighted by Crippen LogP contribution is -2.42. The van der Waals surface area contributed by atoms with Gasteiger partial charge in [-0.15, -0.1) is 0 Å². The van der Waals surface area contributed by atoms with Gasteiger partial charge in [0.25, 0.3) is 5.91 Å². The molecule has 0 saturated heterocycles. The fraction of sp³-hybridized carbons (Fsp3) is 0.259. The van der Waals surface area contributed by atoms with Gasteiger partial charge in [0.15, 0.2) is 17.5 Å². The lowest BCUT2D eigenvalue weighted by atomic mass is 10.0. The highest BCUT2D eigenvalue weighted by Crippen LogP contribution is 2.32. The molecule has 1 heterocycles. The number of pyridine rings is 1. The number of rotatable bonds is 10. The van der Waals surface area contributed by atoms with Gasteiger partial charge in [-0.1, -0.05) is 54.1 Å². The van der Waals surface area contributed by atoms with Crippen LogP contribution >= 0.6 is 11.6 Å². The van der Waals surface area contributed by atoms with Crippen LogP contribution in [0.15, 0.2) is 66.9 Å². The van der Waals surface area contributed by atoms with Crippen molar-refractivity contribution in [2.45, 2.75) is 39.0 Å². The van der Waals surface area contributed by atoms with E-state index >= 15 is 0 Å². The Kier molecular flexibility index (Phi) is 9.45. The van der Waals surface area contributed by atoms with E-state index in [9.17, 15) is 14.4 Å². The average Bonchev–Trinajstić information content (AvgIpc) is 2.88. The summed E-state index contributed by atoms with van der Waals surface area (Å²) >= 11 is 6.27. The molecule has 0 aliphatic heterocycles. The van der Waals surface area contributed by atoms with Crippen LogP contribution in [0, 0.1) is 0 Å². The second-order valence-electron chi connectivity index (χ2n) is 8.00. The maximum atomic E-state index is 12.9. The van der Waals surface area contributed by atoms with E-state index in [2.05, 4.69) is 10.3 Å². The second-order valence-corrected chi connectivity index (χ2v) is 8.41. The Balaban J connectivity index is 1.75. The smallest absolute Gasteiger partial charge is 0.328 e. The number of nitrogens with one attached hydrogen (secondary N) is 1. The van der Waals surface area contributed by atoms with Crippen molar-refractivity contribution in [3.05, 3.63) is 83.1 Å². The molecule has 0 spiro atoms. The Morgan fingerprint density at radius 2 is 1.62 bits per heavy atom. The third-order valence-electron chi connectivity index (χ3n) is 5.20. The molecule has 37 heavy (non-hydrogen) atoms. The minimum Gasteiger partial charge on any atom is -0.493 e. The standard InChI is InChI=1S/C27H27ClN2O7/c1-16(30-26(32)23-25(36-18(3)31)22(34-4)14-15-29-23)27(33)35-17(2)24(19-10-6-5-7-11-19)37-21-13-9-8-12-20(21)28/h5-17,24H,1-4H3,(H,30,32)/t16-,17-,24-/m0/s1. The molecule has 1 N–H and O–H groups in total. The van der Waals surface area contributed by atoms with Gasteiger partial charge in [0.2, 0.25) is 5.75 Å². The van der Waals surface area contributed by atoms with Gasteiger partial charge in [0, 0.05) is 19.2 Å². The number of ether oxygens (including phenoxy) is 4. The van der Waals surface area contributed by atoms with E-state index in [4.69, 9.17) is 30.5 Å².